The van der Waals surface area contributed by atoms with Crippen molar-refractivity contribution in [3.8, 4) is 0 Å². The van der Waals surface area contributed by atoms with E-state index in [9.17, 15) is 4.79 Å². The number of amides is 1. The highest BCUT2D eigenvalue weighted by Crippen LogP contribution is 2.42. The minimum absolute atomic E-state index is 0.0431. The number of aryl methyl sites for hydroxylation is 1. The second kappa shape index (κ2) is 6.02. The molecule has 2 nitrogen and oxygen atoms in total. The maximum absolute atomic E-state index is 12.4. The Balaban J connectivity index is 1.72. The number of hydrogen-bond acceptors (Lipinski definition) is 2. The van der Waals surface area contributed by atoms with Crippen molar-refractivity contribution in [2.24, 2.45) is 0 Å². The van der Waals surface area contributed by atoms with Gasteiger partial charge in [0.05, 0.1) is 0 Å². The van der Waals surface area contributed by atoms with E-state index in [1.807, 2.05) is 42.5 Å². The molecule has 1 N–H and O–H groups in total. The summed E-state index contributed by atoms with van der Waals surface area (Å²) >= 11 is 1.82. The van der Waals surface area contributed by atoms with Crippen molar-refractivity contribution in [3.05, 3.63) is 57.8 Å². The Bertz CT molecular complexity index is 612. The molecule has 0 aliphatic heterocycles. The number of carbonyl (C=O) groups is 1. The Labute approximate surface area is 130 Å². The highest BCUT2D eigenvalue weighted by Gasteiger charge is 2.36. The minimum atomic E-state index is 0.0431. The van der Waals surface area contributed by atoms with Gasteiger partial charge in [-0.2, -0.15) is 0 Å². The Morgan fingerprint density at radius 3 is 2.71 bits per heavy atom. The third-order valence-corrected chi connectivity index (χ3v) is 5.59. The third-order valence-electron chi connectivity index (χ3n) is 4.47. The molecule has 110 valence electrons. The van der Waals surface area contributed by atoms with Crippen molar-refractivity contribution in [1.82, 2.24) is 5.32 Å². The highest BCUT2D eigenvalue weighted by atomic mass is 32.1. The average molecular weight is 299 g/mol. The van der Waals surface area contributed by atoms with E-state index >= 15 is 0 Å². The van der Waals surface area contributed by atoms with Gasteiger partial charge in [-0.1, -0.05) is 36.6 Å². The molecule has 0 radical (unpaired) electrons. The molecule has 21 heavy (non-hydrogen) atoms. The van der Waals surface area contributed by atoms with Crippen LogP contribution in [0.4, 0.5) is 0 Å². The minimum Gasteiger partial charge on any atom is -0.351 e. The molecule has 0 bridgehead atoms. The number of carbonyl (C=O) groups excluding carboxylic acids is 1. The molecule has 0 saturated heterocycles. The monoisotopic (exact) mass is 299 g/mol. The Morgan fingerprint density at radius 1 is 1.24 bits per heavy atom. The first kappa shape index (κ1) is 14.3. The summed E-state index contributed by atoms with van der Waals surface area (Å²) in [5, 5.41) is 5.30. The largest absolute Gasteiger partial charge is 0.351 e. The molecule has 3 heteroatoms. The van der Waals surface area contributed by atoms with E-state index in [4.69, 9.17) is 0 Å². The van der Waals surface area contributed by atoms with E-state index in [2.05, 4.69) is 22.8 Å². The topological polar surface area (TPSA) is 29.1 Å². The van der Waals surface area contributed by atoms with Crippen molar-refractivity contribution in [2.45, 2.75) is 38.0 Å². The zero-order valence-electron chi connectivity index (χ0n) is 12.4. The lowest BCUT2D eigenvalue weighted by Crippen LogP contribution is -2.38. The van der Waals surface area contributed by atoms with Crippen LogP contribution in [0, 0.1) is 6.92 Å². The molecule has 0 atom stereocenters. The van der Waals surface area contributed by atoms with Crippen LogP contribution in [0.5, 0.6) is 0 Å². The van der Waals surface area contributed by atoms with Gasteiger partial charge in [-0.3, -0.25) is 4.79 Å². The number of rotatable bonds is 4. The van der Waals surface area contributed by atoms with Crippen LogP contribution >= 0.6 is 11.3 Å². The first-order chi connectivity index (χ1) is 10.2. The fourth-order valence-corrected chi connectivity index (χ4v) is 4.27. The summed E-state index contributed by atoms with van der Waals surface area (Å²) in [5.41, 5.74) is 2.04. The van der Waals surface area contributed by atoms with E-state index in [0.717, 1.165) is 17.7 Å². The lowest BCUT2D eigenvalue weighted by molar-refractivity contribution is 0.0943. The molecule has 1 aromatic carbocycles. The molecule has 1 aliphatic rings. The van der Waals surface area contributed by atoms with E-state index in [1.54, 1.807) is 0 Å². The van der Waals surface area contributed by atoms with Crippen LogP contribution in [0.1, 0.15) is 46.5 Å². The summed E-state index contributed by atoms with van der Waals surface area (Å²) < 4.78 is 0. The van der Waals surface area contributed by atoms with Crippen molar-refractivity contribution in [2.75, 3.05) is 6.54 Å². The SMILES string of the molecule is Cc1cccc(C(=O)NCC2(c3cccs3)CCCC2)c1. The molecule has 1 heterocycles. The zero-order valence-corrected chi connectivity index (χ0v) is 13.2. The van der Waals surface area contributed by atoms with Crippen molar-refractivity contribution in [1.29, 1.82) is 0 Å². The second-order valence-electron chi connectivity index (χ2n) is 6.02. The van der Waals surface area contributed by atoms with E-state index in [0.29, 0.717) is 0 Å². The van der Waals surface area contributed by atoms with E-state index < -0.39 is 0 Å². The molecule has 2 aromatic rings. The zero-order chi connectivity index (χ0) is 14.7. The van der Waals surface area contributed by atoms with Gasteiger partial charge in [-0.25, -0.2) is 0 Å². The van der Waals surface area contributed by atoms with Crippen LogP contribution in [0.2, 0.25) is 0 Å². The maximum atomic E-state index is 12.4. The van der Waals surface area contributed by atoms with Gasteiger partial charge in [0.15, 0.2) is 0 Å². The number of nitrogens with one attached hydrogen (secondary N) is 1. The van der Waals surface area contributed by atoms with Crippen LogP contribution in [-0.2, 0) is 5.41 Å². The van der Waals surface area contributed by atoms with Crippen molar-refractivity contribution in [3.63, 3.8) is 0 Å². The quantitative estimate of drug-likeness (QED) is 0.896. The number of hydrogen-bond donors (Lipinski definition) is 1. The molecule has 1 saturated carbocycles. The fraction of sp³-hybridized carbons (Fsp3) is 0.389. The van der Waals surface area contributed by atoms with Gasteiger partial charge in [0.1, 0.15) is 0 Å². The summed E-state index contributed by atoms with van der Waals surface area (Å²) in [7, 11) is 0. The molecule has 0 unspecified atom stereocenters. The molecule has 1 amide bonds. The van der Waals surface area contributed by atoms with Crippen molar-refractivity contribution < 1.29 is 4.79 Å². The first-order valence-electron chi connectivity index (χ1n) is 7.58. The molecular weight excluding hydrogens is 278 g/mol. The van der Waals surface area contributed by atoms with Crippen LogP contribution < -0.4 is 5.32 Å². The van der Waals surface area contributed by atoms with Gasteiger partial charge < -0.3 is 5.32 Å². The predicted octanol–water partition coefficient (Wildman–Crippen LogP) is 4.30. The van der Waals surface area contributed by atoms with Crippen molar-refractivity contribution >= 4 is 17.2 Å². The molecular formula is C18H21NOS. The standard InChI is InChI=1S/C18H21NOS/c1-14-6-4-7-15(12-14)17(20)19-13-18(9-2-3-10-18)16-8-5-11-21-16/h4-8,11-12H,2-3,9-10,13H2,1H3,(H,19,20). The Morgan fingerprint density at radius 2 is 2.05 bits per heavy atom. The van der Waals surface area contributed by atoms with Gasteiger partial charge in [-0.15, -0.1) is 11.3 Å². The lowest BCUT2D eigenvalue weighted by atomic mass is 9.84. The fourth-order valence-electron chi connectivity index (χ4n) is 3.28. The molecule has 1 fully saturated rings. The van der Waals surface area contributed by atoms with E-state index in [-0.39, 0.29) is 11.3 Å². The molecule has 1 aromatic heterocycles. The van der Waals surface area contributed by atoms with Crippen LogP contribution in [0.3, 0.4) is 0 Å². The van der Waals surface area contributed by atoms with Gasteiger partial charge in [0.2, 0.25) is 0 Å². The molecule has 3 rings (SSSR count). The predicted molar refractivity (Wildman–Crippen MR) is 88.0 cm³/mol. The Kier molecular flexibility index (Phi) is 4.11. The van der Waals surface area contributed by atoms with Gasteiger partial charge in [0, 0.05) is 22.4 Å². The second-order valence-corrected chi connectivity index (χ2v) is 6.96. The molecule has 0 spiro atoms. The summed E-state index contributed by atoms with van der Waals surface area (Å²) in [4.78, 5) is 13.8. The first-order valence-corrected chi connectivity index (χ1v) is 8.46. The Hall–Kier alpha value is -1.61. The number of thiophene rings is 1. The smallest absolute Gasteiger partial charge is 0.251 e. The molecule has 1 aliphatic carbocycles. The van der Waals surface area contributed by atoms with Gasteiger partial charge >= 0.3 is 0 Å². The summed E-state index contributed by atoms with van der Waals surface area (Å²) in [5.74, 6) is 0.0431. The van der Waals surface area contributed by atoms with Crippen LogP contribution in [-0.4, -0.2) is 12.5 Å². The van der Waals surface area contributed by atoms with Gasteiger partial charge in [0.25, 0.3) is 5.91 Å². The lowest BCUT2D eigenvalue weighted by Gasteiger charge is -2.28. The summed E-state index contributed by atoms with van der Waals surface area (Å²) in [6.45, 7) is 2.77. The average Bonchev–Trinajstić information content (AvgIpc) is 3.16. The maximum Gasteiger partial charge on any atom is 0.251 e. The van der Waals surface area contributed by atoms with Crippen LogP contribution in [0.25, 0.3) is 0 Å². The third kappa shape index (κ3) is 3.03. The summed E-state index contributed by atoms with van der Waals surface area (Å²) in [6.07, 6.45) is 4.89. The summed E-state index contributed by atoms with van der Waals surface area (Å²) in [6, 6.07) is 12.1. The number of benzene rings is 1. The normalized spacial score (nSPS) is 16.8. The van der Waals surface area contributed by atoms with Crippen LogP contribution in [0.15, 0.2) is 41.8 Å². The van der Waals surface area contributed by atoms with E-state index in [1.165, 1.54) is 30.6 Å². The highest BCUT2D eigenvalue weighted by molar-refractivity contribution is 7.10. The van der Waals surface area contributed by atoms with Gasteiger partial charge in [-0.05, 0) is 43.3 Å².